The van der Waals surface area contributed by atoms with Gasteiger partial charge in [0.2, 0.25) is 0 Å². The third-order valence-corrected chi connectivity index (χ3v) is 2.77. The van der Waals surface area contributed by atoms with E-state index in [1.54, 1.807) is 12.1 Å². The molecule has 0 radical (unpaired) electrons. The molecule has 0 saturated carbocycles. The summed E-state index contributed by atoms with van der Waals surface area (Å²) in [5, 5.41) is 18.6. The summed E-state index contributed by atoms with van der Waals surface area (Å²) < 4.78 is 5.23. The van der Waals surface area contributed by atoms with E-state index in [2.05, 4.69) is 0 Å². The monoisotopic (exact) mass is 258 g/mol. The molecular weight excluding hydrogens is 244 g/mol. The number of aliphatic hydroxyl groups excluding tert-OH is 1. The molecule has 0 fully saturated rings. The highest BCUT2D eigenvalue weighted by molar-refractivity contribution is 6.30. The molecule has 94 valence electrons. The summed E-state index contributed by atoms with van der Waals surface area (Å²) >= 11 is 5.93. The van der Waals surface area contributed by atoms with Gasteiger partial charge in [0, 0.05) is 16.5 Å². The van der Waals surface area contributed by atoms with E-state index in [0.717, 1.165) is 5.56 Å². The number of ether oxygens (including phenoxy) is 1. The van der Waals surface area contributed by atoms with Crippen molar-refractivity contribution in [1.29, 1.82) is 0 Å². The first-order chi connectivity index (χ1) is 7.99. The molecule has 1 aromatic rings. The number of carboxylic acids is 1. The van der Waals surface area contributed by atoms with Crippen LogP contribution in [0.5, 0.6) is 5.75 Å². The molecular formula is C12H15ClO4. The lowest BCUT2D eigenvalue weighted by Gasteiger charge is -2.18. The van der Waals surface area contributed by atoms with E-state index in [4.69, 9.17) is 21.4 Å². The highest BCUT2D eigenvalue weighted by atomic mass is 35.5. The van der Waals surface area contributed by atoms with Gasteiger partial charge < -0.3 is 14.9 Å². The molecule has 17 heavy (non-hydrogen) atoms. The molecule has 2 N–H and O–H groups in total. The molecule has 0 spiro atoms. The molecule has 0 saturated heterocycles. The molecule has 0 aromatic heterocycles. The van der Waals surface area contributed by atoms with E-state index in [-0.39, 0.29) is 13.0 Å². The number of hydrogen-bond acceptors (Lipinski definition) is 3. The molecule has 0 bridgehead atoms. The first-order valence-corrected chi connectivity index (χ1v) is 5.54. The van der Waals surface area contributed by atoms with Gasteiger partial charge in [-0.2, -0.15) is 0 Å². The smallest absolute Gasteiger partial charge is 0.304 e. The first-order valence-electron chi connectivity index (χ1n) is 5.16. The number of aliphatic hydroxyl groups is 1. The van der Waals surface area contributed by atoms with Gasteiger partial charge in [0.15, 0.2) is 0 Å². The van der Waals surface area contributed by atoms with Crippen molar-refractivity contribution in [3.8, 4) is 5.75 Å². The minimum atomic E-state index is -0.969. The average molecular weight is 259 g/mol. The van der Waals surface area contributed by atoms with E-state index >= 15 is 0 Å². The van der Waals surface area contributed by atoms with E-state index in [1.807, 2.05) is 6.92 Å². The highest BCUT2D eigenvalue weighted by Gasteiger charge is 2.20. The minimum absolute atomic E-state index is 0.160. The van der Waals surface area contributed by atoms with E-state index in [9.17, 15) is 9.90 Å². The van der Waals surface area contributed by atoms with Gasteiger partial charge in [-0.1, -0.05) is 11.6 Å². The van der Waals surface area contributed by atoms with Crippen molar-refractivity contribution in [1.82, 2.24) is 0 Å². The van der Waals surface area contributed by atoms with Crippen LogP contribution in [0.25, 0.3) is 0 Å². The number of carbonyl (C=O) groups is 1. The Morgan fingerprint density at radius 2 is 2.18 bits per heavy atom. The van der Waals surface area contributed by atoms with E-state index in [0.29, 0.717) is 16.3 Å². The van der Waals surface area contributed by atoms with Crippen LogP contribution >= 0.6 is 11.6 Å². The maximum atomic E-state index is 10.7. The normalized spacial score (nSPS) is 12.2. The van der Waals surface area contributed by atoms with Gasteiger partial charge in [0.1, 0.15) is 5.75 Å². The molecule has 0 heterocycles. The zero-order valence-electron chi connectivity index (χ0n) is 9.74. The van der Waals surface area contributed by atoms with Crippen LogP contribution in [0.15, 0.2) is 12.1 Å². The lowest BCUT2D eigenvalue weighted by Crippen LogP contribution is -2.12. The summed E-state index contributed by atoms with van der Waals surface area (Å²) in [6.45, 7) is 1.56. The molecule has 4 nitrogen and oxygen atoms in total. The summed E-state index contributed by atoms with van der Waals surface area (Å²) in [5.41, 5.74) is 1.45. The van der Waals surface area contributed by atoms with Gasteiger partial charge in [0.05, 0.1) is 20.1 Å². The number of hydrogen-bond donors (Lipinski definition) is 2. The van der Waals surface area contributed by atoms with Crippen LogP contribution in [0.3, 0.4) is 0 Å². The Bertz CT molecular complexity index is 417. The van der Waals surface area contributed by atoms with E-state index in [1.165, 1.54) is 7.11 Å². The summed E-state index contributed by atoms with van der Waals surface area (Å²) in [7, 11) is 1.51. The first kappa shape index (κ1) is 13.8. The van der Waals surface area contributed by atoms with Gasteiger partial charge in [-0.3, -0.25) is 4.79 Å². The highest BCUT2D eigenvalue weighted by Crippen LogP contribution is 2.34. The summed E-state index contributed by atoms with van der Waals surface area (Å²) in [5.74, 6) is -0.904. The third-order valence-electron chi connectivity index (χ3n) is 2.55. The Kier molecular flexibility index (Phi) is 4.78. The zero-order chi connectivity index (χ0) is 13.0. The van der Waals surface area contributed by atoms with Crippen LogP contribution in [0, 0.1) is 6.92 Å². The van der Waals surface area contributed by atoms with Gasteiger partial charge in [-0.25, -0.2) is 0 Å². The van der Waals surface area contributed by atoms with Crippen molar-refractivity contribution in [3.05, 3.63) is 28.3 Å². The molecule has 0 amide bonds. The van der Waals surface area contributed by atoms with Crippen LogP contribution in [-0.2, 0) is 4.79 Å². The molecule has 0 aliphatic rings. The Hall–Kier alpha value is -1.26. The SMILES string of the molecule is COc1c(C)cc(Cl)cc1C(CO)CC(=O)O. The van der Waals surface area contributed by atoms with Gasteiger partial charge in [-0.05, 0) is 24.6 Å². The maximum Gasteiger partial charge on any atom is 0.304 e. The van der Waals surface area contributed by atoms with E-state index < -0.39 is 11.9 Å². The Morgan fingerprint density at radius 1 is 1.53 bits per heavy atom. The molecule has 5 heteroatoms. The summed E-state index contributed by atoms with van der Waals surface area (Å²) in [6, 6.07) is 3.37. The van der Waals surface area contributed by atoms with Crippen molar-refractivity contribution in [2.75, 3.05) is 13.7 Å². The molecule has 1 unspecified atom stereocenters. The van der Waals surface area contributed by atoms with Crippen molar-refractivity contribution < 1.29 is 19.7 Å². The van der Waals surface area contributed by atoms with Crippen molar-refractivity contribution in [2.45, 2.75) is 19.3 Å². The predicted molar refractivity (Wildman–Crippen MR) is 64.8 cm³/mol. The number of rotatable bonds is 5. The quantitative estimate of drug-likeness (QED) is 0.850. The number of aliphatic carboxylic acids is 1. The number of aryl methyl sites for hydroxylation is 1. The second-order valence-electron chi connectivity index (χ2n) is 3.82. The Morgan fingerprint density at radius 3 is 2.65 bits per heavy atom. The second kappa shape index (κ2) is 5.89. The minimum Gasteiger partial charge on any atom is -0.496 e. The van der Waals surface area contributed by atoms with Crippen LogP contribution in [0.1, 0.15) is 23.5 Å². The van der Waals surface area contributed by atoms with Gasteiger partial charge >= 0.3 is 5.97 Å². The fourth-order valence-corrected chi connectivity index (χ4v) is 2.10. The van der Waals surface area contributed by atoms with Crippen molar-refractivity contribution >= 4 is 17.6 Å². The van der Waals surface area contributed by atoms with Crippen LogP contribution < -0.4 is 4.74 Å². The average Bonchev–Trinajstić information content (AvgIpc) is 2.24. The predicted octanol–water partition coefficient (Wildman–Crippen LogP) is 2.21. The number of methoxy groups -OCH3 is 1. The standard InChI is InChI=1S/C12H15ClO4/c1-7-3-9(13)5-10(12(7)17-2)8(6-14)4-11(15)16/h3,5,8,14H,4,6H2,1-2H3,(H,15,16). The molecule has 1 aromatic carbocycles. The van der Waals surface area contributed by atoms with Crippen molar-refractivity contribution in [3.63, 3.8) is 0 Å². The Balaban J connectivity index is 3.21. The number of carboxylic acid groups (broad SMARTS) is 1. The van der Waals surface area contributed by atoms with Crippen LogP contribution in [0.2, 0.25) is 5.02 Å². The van der Waals surface area contributed by atoms with Crippen LogP contribution in [-0.4, -0.2) is 29.9 Å². The fourth-order valence-electron chi connectivity index (χ4n) is 1.82. The third kappa shape index (κ3) is 3.35. The maximum absolute atomic E-state index is 10.7. The summed E-state index contributed by atoms with van der Waals surface area (Å²) in [6.07, 6.45) is -0.160. The zero-order valence-corrected chi connectivity index (χ0v) is 10.5. The van der Waals surface area contributed by atoms with Crippen LogP contribution in [0.4, 0.5) is 0 Å². The second-order valence-corrected chi connectivity index (χ2v) is 4.26. The van der Waals surface area contributed by atoms with Gasteiger partial charge in [0.25, 0.3) is 0 Å². The fraction of sp³-hybridized carbons (Fsp3) is 0.417. The molecule has 1 atom stereocenters. The van der Waals surface area contributed by atoms with Crippen molar-refractivity contribution in [2.24, 2.45) is 0 Å². The molecule has 0 aliphatic heterocycles. The lowest BCUT2D eigenvalue weighted by atomic mass is 9.94. The summed E-state index contributed by atoms with van der Waals surface area (Å²) in [4.78, 5) is 10.7. The number of benzene rings is 1. The largest absolute Gasteiger partial charge is 0.496 e. The van der Waals surface area contributed by atoms with Gasteiger partial charge in [-0.15, -0.1) is 0 Å². The Labute approximate surface area is 105 Å². The topological polar surface area (TPSA) is 66.8 Å². The molecule has 1 rings (SSSR count). The molecule has 0 aliphatic carbocycles. The number of halogens is 1. The lowest BCUT2D eigenvalue weighted by molar-refractivity contribution is -0.137.